The van der Waals surface area contributed by atoms with Gasteiger partial charge in [0.25, 0.3) is 5.91 Å². The average molecular weight is 408 g/mol. The highest BCUT2D eigenvalue weighted by Gasteiger charge is 2.37. The van der Waals surface area contributed by atoms with Crippen LogP contribution in [-0.2, 0) is 4.79 Å². The maximum Gasteiger partial charge on any atom is 0.254 e. The van der Waals surface area contributed by atoms with E-state index in [2.05, 4.69) is 34.9 Å². The zero-order chi connectivity index (χ0) is 18.0. The standard InChI is InChI=1S/C19H26BrN3O2/c1-21(2)16-9-12-22(13-10-16)19(25)17-4-3-11-23(17)18(24)14-5-7-15(20)8-6-14/h5-8,16-17H,3-4,9-13H2,1-2H3. The Labute approximate surface area is 158 Å². The van der Waals surface area contributed by atoms with Gasteiger partial charge in [-0.25, -0.2) is 0 Å². The number of nitrogens with zero attached hydrogens (tertiary/aromatic N) is 3. The van der Waals surface area contributed by atoms with Gasteiger partial charge in [-0.2, -0.15) is 0 Å². The van der Waals surface area contributed by atoms with Crippen LogP contribution in [0.3, 0.4) is 0 Å². The third-order valence-corrected chi connectivity index (χ3v) is 5.93. The van der Waals surface area contributed by atoms with Crippen LogP contribution in [0.5, 0.6) is 0 Å². The summed E-state index contributed by atoms with van der Waals surface area (Å²) in [5.41, 5.74) is 0.647. The van der Waals surface area contributed by atoms with Crippen molar-refractivity contribution in [2.75, 3.05) is 33.7 Å². The third-order valence-electron chi connectivity index (χ3n) is 5.40. The fraction of sp³-hybridized carbons (Fsp3) is 0.579. The van der Waals surface area contributed by atoms with Crippen molar-refractivity contribution < 1.29 is 9.59 Å². The molecular weight excluding hydrogens is 382 g/mol. The number of carbonyl (C=O) groups is 2. The van der Waals surface area contributed by atoms with Crippen LogP contribution in [0.2, 0.25) is 0 Å². The van der Waals surface area contributed by atoms with Crippen molar-refractivity contribution >= 4 is 27.7 Å². The van der Waals surface area contributed by atoms with Crippen LogP contribution < -0.4 is 0 Å². The molecule has 2 aliphatic rings. The number of halogens is 1. The number of piperidine rings is 1. The smallest absolute Gasteiger partial charge is 0.254 e. The highest BCUT2D eigenvalue weighted by Crippen LogP contribution is 2.24. The predicted octanol–water partition coefficient (Wildman–Crippen LogP) is 2.61. The highest BCUT2D eigenvalue weighted by molar-refractivity contribution is 9.10. The maximum absolute atomic E-state index is 13.0. The Hall–Kier alpha value is -1.40. The summed E-state index contributed by atoms with van der Waals surface area (Å²) in [6.45, 7) is 2.25. The molecule has 0 bridgehead atoms. The minimum Gasteiger partial charge on any atom is -0.341 e. The Balaban J connectivity index is 1.66. The molecule has 1 unspecified atom stereocenters. The van der Waals surface area contributed by atoms with E-state index in [0.29, 0.717) is 18.2 Å². The molecule has 136 valence electrons. The summed E-state index contributed by atoms with van der Waals surface area (Å²) in [6.07, 6.45) is 3.68. The number of amides is 2. The summed E-state index contributed by atoms with van der Waals surface area (Å²) in [6, 6.07) is 7.61. The van der Waals surface area contributed by atoms with E-state index < -0.39 is 0 Å². The lowest BCUT2D eigenvalue weighted by atomic mass is 10.0. The van der Waals surface area contributed by atoms with Gasteiger partial charge in [-0.1, -0.05) is 15.9 Å². The largest absolute Gasteiger partial charge is 0.341 e. The van der Waals surface area contributed by atoms with Gasteiger partial charge in [0.2, 0.25) is 5.91 Å². The van der Waals surface area contributed by atoms with Gasteiger partial charge in [-0.3, -0.25) is 9.59 Å². The lowest BCUT2D eigenvalue weighted by Crippen LogP contribution is -2.51. The monoisotopic (exact) mass is 407 g/mol. The van der Waals surface area contributed by atoms with Gasteiger partial charge in [0.1, 0.15) is 6.04 Å². The van der Waals surface area contributed by atoms with Crippen molar-refractivity contribution in [1.29, 1.82) is 0 Å². The van der Waals surface area contributed by atoms with E-state index in [0.717, 1.165) is 43.2 Å². The number of likely N-dealkylation sites (tertiary alicyclic amines) is 2. The summed E-state index contributed by atoms with van der Waals surface area (Å²) >= 11 is 3.39. The maximum atomic E-state index is 13.0. The summed E-state index contributed by atoms with van der Waals surface area (Å²) in [5, 5.41) is 0. The minimum absolute atomic E-state index is 0.0356. The molecule has 0 aliphatic carbocycles. The molecule has 0 aromatic heterocycles. The van der Waals surface area contributed by atoms with Crippen molar-refractivity contribution in [2.45, 2.75) is 37.8 Å². The molecule has 1 atom stereocenters. The Bertz CT molecular complexity index is 624. The summed E-state index contributed by atoms with van der Waals surface area (Å²) in [4.78, 5) is 31.8. The van der Waals surface area contributed by atoms with Crippen LogP contribution in [0, 0.1) is 0 Å². The van der Waals surface area contributed by atoms with E-state index in [4.69, 9.17) is 0 Å². The molecule has 1 aromatic carbocycles. The van der Waals surface area contributed by atoms with Gasteiger partial charge in [-0.15, -0.1) is 0 Å². The molecule has 6 heteroatoms. The molecule has 3 rings (SSSR count). The van der Waals surface area contributed by atoms with Crippen molar-refractivity contribution in [1.82, 2.24) is 14.7 Å². The van der Waals surface area contributed by atoms with E-state index >= 15 is 0 Å². The molecule has 0 spiro atoms. The lowest BCUT2D eigenvalue weighted by Gasteiger charge is -2.37. The molecule has 1 aromatic rings. The first kappa shape index (κ1) is 18.4. The number of hydrogen-bond donors (Lipinski definition) is 0. The van der Waals surface area contributed by atoms with Crippen molar-refractivity contribution in [3.63, 3.8) is 0 Å². The molecule has 0 N–H and O–H groups in total. The topological polar surface area (TPSA) is 43.9 Å². The first-order valence-corrected chi connectivity index (χ1v) is 9.78. The Morgan fingerprint density at radius 1 is 1.04 bits per heavy atom. The number of rotatable bonds is 3. The van der Waals surface area contributed by atoms with E-state index in [-0.39, 0.29) is 17.9 Å². The second-order valence-corrected chi connectivity index (χ2v) is 8.10. The molecule has 0 radical (unpaired) electrons. The summed E-state index contributed by atoms with van der Waals surface area (Å²) in [5.74, 6) is 0.0895. The van der Waals surface area contributed by atoms with Crippen molar-refractivity contribution in [2.24, 2.45) is 0 Å². The fourth-order valence-electron chi connectivity index (χ4n) is 3.84. The van der Waals surface area contributed by atoms with E-state index in [9.17, 15) is 9.59 Å². The summed E-state index contributed by atoms with van der Waals surface area (Å²) in [7, 11) is 4.19. The second-order valence-electron chi connectivity index (χ2n) is 7.18. The van der Waals surface area contributed by atoms with Crippen molar-refractivity contribution in [3.8, 4) is 0 Å². The first-order valence-electron chi connectivity index (χ1n) is 8.99. The minimum atomic E-state index is -0.299. The van der Waals surface area contributed by atoms with Crippen LogP contribution in [0.1, 0.15) is 36.0 Å². The fourth-order valence-corrected chi connectivity index (χ4v) is 4.10. The highest BCUT2D eigenvalue weighted by atomic mass is 79.9. The molecular formula is C19H26BrN3O2. The van der Waals surface area contributed by atoms with Gasteiger partial charge in [0, 0.05) is 35.7 Å². The van der Waals surface area contributed by atoms with Gasteiger partial charge in [0.05, 0.1) is 0 Å². The predicted molar refractivity (Wildman–Crippen MR) is 101 cm³/mol. The molecule has 0 saturated carbocycles. The second kappa shape index (κ2) is 7.87. The van der Waals surface area contributed by atoms with Gasteiger partial charge in [0.15, 0.2) is 0 Å². The Morgan fingerprint density at radius 3 is 2.28 bits per heavy atom. The third kappa shape index (κ3) is 4.06. The summed E-state index contributed by atoms with van der Waals surface area (Å²) < 4.78 is 0.946. The van der Waals surface area contributed by atoms with E-state index in [1.54, 1.807) is 4.90 Å². The number of carbonyl (C=O) groups excluding carboxylic acids is 2. The quantitative estimate of drug-likeness (QED) is 0.773. The lowest BCUT2D eigenvalue weighted by molar-refractivity contribution is -0.136. The molecule has 2 amide bonds. The first-order chi connectivity index (χ1) is 12.0. The average Bonchev–Trinajstić information content (AvgIpc) is 3.11. The molecule has 2 saturated heterocycles. The zero-order valence-electron chi connectivity index (χ0n) is 14.9. The van der Waals surface area contributed by atoms with Crippen LogP contribution >= 0.6 is 15.9 Å². The van der Waals surface area contributed by atoms with E-state index in [1.165, 1.54) is 0 Å². The number of benzene rings is 1. The molecule has 2 fully saturated rings. The zero-order valence-corrected chi connectivity index (χ0v) is 16.5. The van der Waals surface area contributed by atoms with Gasteiger partial charge >= 0.3 is 0 Å². The van der Waals surface area contributed by atoms with Crippen LogP contribution in [0.25, 0.3) is 0 Å². The molecule has 2 heterocycles. The normalized spacial score (nSPS) is 21.8. The van der Waals surface area contributed by atoms with Gasteiger partial charge in [-0.05, 0) is 64.0 Å². The van der Waals surface area contributed by atoms with Crippen molar-refractivity contribution in [3.05, 3.63) is 34.3 Å². The SMILES string of the molecule is CN(C)C1CCN(C(=O)C2CCCN2C(=O)c2ccc(Br)cc2)CC1. The van der Waals surface area contributed by atoms with Gasteiger partial charge < -0.3 is 14.7 Å². The molecule has 25 heavy (non-hydrogen) atoms. The Morgan fingerprint density at radius 2 is 1.68 bits per heavy atom. The molecule has 5 nitrogen and oxygen atoms in total. The van der Waals surface area contributed by atoms with Crippen LogP contribution in [0.4, 0.5) is 0 Å². The Kier molecular flexibility index (Phi) is 5.79. The van der Waals surface area contributed by atoms with Crippen LogP contribution in [0.15, 0.2) is 28.7 Å². The van der Waals surface area contributed by atoms with Crippen LogP contribution in [-0.4, -0.2) is 72.3 Å². The van der Waals surface area contributed by atoms with E-state index in [1.807, 2.05) is 29.2 Å². The molecule has 2 aliphatic heterocycles. The number of hydrogen-bond acceptors (Lipinski definition) is 3.